The zero-order valence-electron chi connectivity index (χ0n) is 15.5. The van der Waals surface area contributed by atoms with Gasteiger partial charge in [0.2, 0.25) is 5.91 Å². The number of piperazine rings is 1. The SMILES string of the molecule is CC(C)CC(=O)N1CCN(C(=O)c2ccc(C#N)cc2)[C@H]2CS(=O)(=O)C[C@H]21. The fourth-order valence-electron chi connectivity index (χ4n) is 3.83. The first kappa shape index (κ1) is 19.4. The number of amides is 2. The molecule has 2 fully saturated rings. The van der Waals surface area contributed by atoms with E-state index in [0.29, 0.717) is 30.6 Å². The number of fused-ring (bicyclic) bond motifs is 1. The van der Waals surface area contributed by atoms with Gasteiger partial charge >= 0.3 is 0 Å². The molecule has 0 saturated carbocycles. The molecule has 1 aromatic carbocycles. The van der Waals surface area contributed by atoms with Crippen LogP contribution in [0.5, 0.6) is 0 Å². The molecule has 3 rings (SSSR count). The van der Waals surface area contributed by atoms with E-state index in [0.717, 1.165) is 0 Å². The van der Waals surface area contributed by atoms with Crippen LogP contribution in [0.3, 0.4) is 0 Å². The number of carbonyl (C=O) groups is 2. The second-order valence-electron chi connectivity index (χ2n) is 7.58. The van der Waals surface area contributed by atoms with Gasteiger partial charge in [0.1, 0.15) is 0 Å². The molecule has 0 aromatic heterocycles. The molecule has 0 aliphatic carbocycles. The van der Waals surface area contributed by atoms with Gasteiger partial charge in [-0.05, 0) is 30.2 Å². The average Bonchev–Trinajstić information content (AvgIpc) is 2.94. The first-order valence-electron chi connectivity index (χ1n) is 9.03. The minimum absolute atomic E-state index is 0.0532. The maximum Gasteiger partial charge on any atom is 0.254 e. The fraction of sp³-hybridized carbons (Fsp3) is 0.526. The van der Waals surface area contributed by atoms with Crippen LogP contribution in [-0.4, -0.2) is 66.7 Å². The Bertz CT molecular complexity index is 887. The topological polar surface area (TPSA) is 98.5 Å². The molecule has 0 spiro atoms. The number of nitrogens with zero attached hydrogens (tertiary/aromatic N) is 3. The lowest BCUT2D eigenvalue weighted by molar-refractivity contribution is -0.137. The zero-order chi connectivity index (χ0) is 19.8. The van der Waals surface area contributed by atoms with E-state index in [1.54, 1.807) is 34.1 Å². The lowest BCUT2D eigenvalue weighted by Gasteiger charge is -2.44. The van der Waals surface area contributed by atoms with Gasteiger partial charge in [0.25, 0.3) is 5.91 Å². The Hall–Kier alpha value is -2.40. The van der Waals surface area contributed by atoms with Crippen LogP contribution >= 0.6 is 0 Å². The maximum absolute atomic E-state index is 13.0. The molecule has 0 bridgehead atoms. The standard InChI is InChI=1S/C19H23N3O4S/c1-13(2)9-18(23)21-7-8-22(17-12-27(25,26)11-16(17)21)19(24)15-5-3-14(10-20)4-6-15/h3-6,13,16-17H,7-9,11-12H2,1-2H3/t16-,17+/m1/s1. The third-order valence-corrected chi connectivity index (χ3v) is 6.80. The highest BCUT2D eigenvalue weighted by Gasteiger charge is 2.49. The summed E-state index contributed by atoms with van der Waals surface area (Å²) in [7, 11) is -3.31. The average molecular weight is 389 g/mol. The number of nitriles is 1. The Morgan fingerprint density at radius 2 is 1.67 bits per heavy atom. The molecule has 7 nitrogen and oxygen atoms in total. The van der Waals surface area contributed by atoms with E-state index >= 15 is 0 Å². The molecule has 2 amide bonds. The summed E-state index contributed by atoms with van der Waals surface area (Å²) in [6.07, 6.45) is 0.368. The molecule has 2 heterocycles. The second-order valence-corrected chi connectivity index (χ2v) is 9.74. The van der Waals surface area contributed by atoms with Crippen molar-refractivity contribution in [1.29, 1.82) is 5.26 Å². The summed E-state index contributed by atoms with van der Waals surface area (Å²) >= 11 is 0. The molecule has 2 aliphatic heterocycles. The summed E-state index contributed by atoms with van der Waals surface area (Å²) in [5, 5.41) is 8.89. The molecule has 2 aliphatic rings. The molecule has 144 valence electrons. The fourth-order valence-corrected chi connectivity index (χ4v) is 5.82. The molecular weight excluding hydrogens is 366 g/mol. The number of hydrogen-bond donors (Lipinski definition) is 0. The number of hydrogen-bond acceptors (Lipinski definition) is 5. The van der Waals surface area contributed by atoms with E-state index < -0.39 is 21.9 Å². The van der Waals surface area contributed by atoms with Crippen molar-refractivity contribution in [3.05, 3.63) is 35.4 Å². The summed E-state index contributed by atoms with van der Waals surface area (Å²) in [6, 6.07) is 7.29. The summed E-state index contributed by atoms with van der Waals surface area (Å²) in [4.78, 5) is 28.8. The Morgan fingerprint density at radius 3 is 2.22 bits per heavy atom. The quantitative estimate of drug-likeness (QED) is 0.770. The van der Waals surface area contributed by atoms with E-state index in [9.17, 15) is 18.0 Å². The van der Waals surface area contributed by atoms with Gasteiger partial charge in [-0.1, -0.05) is 13.8 Å². The van der Waals surface area contributed by atoms with Crippen LogP contribution in [0.1, 0.15) is 36.2 Å². The number of benzene rings is 1. The van der Waals surface area contributed by atoms with Crippen LogP contribution < -0.4 is 0 Å². The normalized spacial score (nSPS) is 23.8. The predicted molar refractivity (Wildman–Crippen MR) is 99.6 cm³/mol. The molecule has 1 aromatic rings. The van der Waals surface area contributed by atoms with Crippen LogP contribution in [0.4, 0.5) is 0 Å². The van der Waals surface area contributed by atoms with E-state index in [4.69, 9.17) is 5.26 Å². The summed E-state index contributed by atoms with van der Waals surface area (Å²) < 4.78 is 24.5. The molecule has 2 saturated heterocycles. The summed E-state index contributed by atoms with van der Waals surface area (Å²) in [6.45, 7) is 4.54. The minimum Gasteiger partial charge on any atom is -0.335 e. The lowest BCUT2D eigenvalue weighted by Crippen LogP contribution is -2.62. The van der Waals surface area contributed by atoms with Crippen molar-refractivity contribution in [2.24, 2.45) is 5.92 Å². The number of carbonyl (C=O) groups excluding carboxylic acids is 2. The van der Waals surface area contributed by atoms with Gasteiger partial charge in [0, 0.05) is 25.1 Å². The lowest BCUT2D eigenvalue weighted by atomic mass is 10.0. The molecular formula is C19H23N3O4S. The van der Waals surface area contributed by atoms with Crippen molar-refractivity contribution in [1.82, 2.24) is 9.80 Å². The van der Waals surface area contributed by atoms with Crippen molar-refractivity contribution in [2.45, 2.75) is 32.4 Å². The van der Waals surface area contributed by atoms with Crippen molar-refractivity contribution in [3.63, 3.8) is 0 Å². The molecule has 2 atom stereocenters. The zero-order valence-corrected chi connectivity index (χ0v) is 16.3. The van der Waals surface area contributed by atoms with E-state index in [1.165, 1.54) is 0 Å². The van der Waals surface area contributed by atoms with E-state index in [1.807, 2.05) is 19.9 Å². The minimum atomic E-state index is -3.31. The summed E-state index contributed by atoms with van der Waals surface area (Å²) in [5.74, 6) is -0.346. The molecule has 27 heavy (non-hydrogen) atoms. The van der Waals surface area contributed by atoms with Crippen molar-refractivity contribution >= 4 is 21.7 Å². The Morgan fingerprint density at radius 1 is 1.11 bits per heavy atom. The monoisotopic (exact) mass is 389 g/mol. The van der Waals surface area contributed by atoms with E-state index in [-0.39, 0.29) is 29.2 Å². The van der Waals surface area contributed by atoms with Gasteiger partial charge in [-0.2, -0.15) is 5.26 Å². The first-order valence-corrected chi connectivity index (χ1v) is 10.8. The highest BCUT2D eigenvalue weighted by molar-refractivity contribution is 7.91. The van der Waals surface area contributed by atoms with Crippen LogP contribution in [0.25, 0.3) is 0 Å². The van der Waals surface area contributed by atoms with Crippen LogP contribution in [-0.2, 0) is 14.6 Å². The van der Waals surface area contributed by atoms with Crippen molar-refractivity contribution in [3.8, 4) is 6.07 Å². The first-order chi connectivity index (χ1) is 12.7. The second kappa shape index (κ2) is 7.31. The number of sulfone groups is 1. The number of rotatable bonds is 3. The molecule has 0 unspecified atom stereocenters. The van der Waals surface area contributed by atoms with Crippen LogP contribution in [0, 0.1) is 17.2 Å². The Balaban J connectivity index is 1.85. The molecule has 0 radical (unpaired) electrons. The van der Waals surface area contributed by atoms with Crippen molar-refractivity contribution in [2.75, 3.05) is 24.6 Å². The third-order valence-electron chi connectivity index (χ3n) is 5.10. The Labute approximate surface area is 159 Å². The van der Waals surface area contributed by atoms with Gasteiger partial charge in [-0.3, -0.25) is 9.59 Å². The summed E-state index contributed by atoms with van der Waals surface area (Å²) in [5.41, 5.74) is 0.871. The molecule has 8 heteroatoms. The van der Waals surface area contributed by atoms with Crippen LogP contribution in [0.15, 0.2) is 24.3 Å². The van der Waals surface area contributed by atoms with Crippen LogP contribution in [0.2, 0.25) is 0 Å². The van der Waals surface area contributed by atoms with Gasteiger partial charge in [-0.15, -0.1) is 0 Å². The van der Waals surface area contributed by atoms with Gasteiger partial charge in [0.05, 0.1) is 35.2 Å². The predicted octanol–water partition coefficient (Wildman–Crippen LogP) is 1.05. The van der Waals surface area contributed by atoms with E-state index in [2.05, 4.69) is 0 Å². The van der Waals surface area contributed by atoms with Gasteiger partial charge in [-0.25, -0.2) is 8.42 Å². The van der Waals surface area contributed by atoms with Gasteiger partial charge in [0.15, 0.2) is 9.84 Å². The molecule has 0 N–H and O–H groups in total. The van der Waals surface area contributed by atoms with Crippen molar-refractivity contribution < 1.29 is 18.0 Å². The highest BCUT2D eigenvalue weighted by atomic mass is 32.2. The highest BCUT2D eigenvalue weighted by Crippen LogP contribution is 2.29. The van der Waals surface area contributed by atoms with Gasteiger partial charge < -0.3 is 9.80 Å². The third kappa shape index (κ3) is 3.98. The Kier molecular flexibility index (Phi) is 5.24. The smallest absolute Gasteiger partial charge is 0.254 e. The largest absolute Gasteiger partial charge is 0.335 e. The maximum atomic E-state index is 13.0.